The van der Waals surface area contributed by atoms with E-state index in [2.05, 4.69) is 6.07 Å². The molecular formula is C19H17ClO4. The molecule has 0 saturated heterocycles. The zero-order valence-electron chi connectivity index (χ0n) is 13.0. The van der Waals surface area contributed by atoms with E-state index in [1.165, 1.54) is 5.56 Å². The number of halogens is 1. The molecule has 0 spiro atoms. The van der Waals surface area contributed by atoms with Gasteiger partial charge in [0.2, 0.25) is 0 Å². The molecule has 4 nitrogen and oxygen atoms in total. The summed E-state index contributed by atoms with van der Waals surface area (Å²) in [6.45, 7) is 0.410. The summed E-state index contributed by atoms with van der Waals surface area (Å²) in [6.07, 6.45) is 1.90. The largest absolute Gasteiger partial charge is 0.492 e. The lowest BCUT2D eigenvalue weighted by molar-refractivity contribution is -0.137. The van der Waals surface area contributed by atoms with Crippen molar-refractivity contribution in [1.82, 2.24) is 0 Å². The molecular weight excluding hydrogens is 328 g/mol. The average Bonchev–Trinajstić information content (AvgIpc) is 3.13. The van der Waals surface area contributed by atoms with Crippen molar-refractivity contribution in [3.05, 3.63) is 58.1 Å². The third-order valence-corrected chi connectivity index (χ3v) is 5.08. The molecule has 0 aromatic heterocycles. The maximum absolute atomic E-state index is 10.9. The molecule has 1 aliphatic heterocycles. The van der Waals surface area contributed by atoms with Crippen molar-refractivity contribution >= 4 is 17.6 Å². The van der Waals surface area contributed by atoms with Gasteiger partial charge >= 0.3 is 5.97 Å². The highest BCUT2D eigenvalue weighted by atomic mass is 35.5. The van der Waals surface area contributed by atoms with E-state index in [4.69, 9.17) is 26.2 Å². The van der Waals surface area contributed by atoms with Crippen LogP contribution in [0.2, 0.25) is 5.02 Å². The smallest absolute Gasteiger partial charge is 0.304 e. The summed E-state index contributed by atoms with van der Waals surface area (Å²) in [4.78, 5) is 10.9. The number of aliphatic carboxylic acids is 1. The van der Waals surface area contributed by atoms with E-state index in [0.717, 1.165) is 40.5 Å². The van der Waals surface area contributed by atoms with Gasteiger partial charge in [-0.3, -0.25) is 4.79 Å². The number of ether oxygens (including phenoxy) is 2. The molecule has 24 heavy (non-hydrogen) atoms. The van der Waals surface area contributed by atoms with E-state index >= 15 is 0 Å². The van der Waals surface area contributed by atoms with E-state index < -0.39 is 5.97 Å². The van der Waals surface area contributed by atoms with Crippen molar-refractivity contribution in [3.63, 3.8) is 0 Å². The van der Waals surface area contributed by atoms with E-state index in [9.17, 15) is 4.79 Å². The molecule has 5 heteroatoms. The Morgan fingerprint density at radius 2 is 2.17 bits per heavy atom. The van der Waals surface area contributed by atoms with Crippen LogP contribution in [0.5, 0.6) is 11.5 Å². The molecule has 2 atom stereocenters. The molecule has 0 bridgehead atoms. The fraction of sp³-hybridized carbons (Fsp3) is 0.316. The summed E-state index contributed by atoms with van der Waals surface area (Å²) in [5.41, 5.74) is 3.26. The van der Waals surface area contributed by atoms with Crippen LogP contribution in [0.4, 0.5) is 0 Å². The minimum absolute atomic E-state index is 0.00651. The summed E-state index contributed by atoms with van der Waals surface area (Å²) in [5, 5.41) is 9.77. The number of hydrogen-bond donors (Lipinski definition) is 1. The van der Waals surface area contributed by atoms with Crippen LogP contribution in [-0.4, -0.2) is 17.7 Å². The first-order chi connectivity index (χ1) is 11.6. The van der Waals surface area contributed by atoms with Crippen LogP contribution < -0.4 is 9.47 Å². The van der Waals surface area contributed by atoms with Gasteiger partial charge in [0.1, 0.15) is 17.6 Å². The third-order valence-electron chi connectivity index (χ3n) is 4.72. The highest BCUT2D eigenvalue weighted by Gasteiger charge is 2.29. The van der Waals surface area contributed by atoms with Crippen LogP contribution in [0.25, 0.3) is 0 Å². The topological polar surface area (TPSA) is 55.8 Å². The normalized spacial score (nSPS) is 21.0. The number of carboxylic acid groups (broad SMARTS) is 1. The maximum atomic E-state index is 10.9. The van der Waals surface area contributed by atoms with E-state index in [0.29, 0.717) is 6.61 Å². The maximum Gasteiger partial charge on any atom is 0.304 e. The molecule has 2 aromatic rings. The lowest BCUT2D eigenvalue weighted by Gasteiger charge is -2.16. The second-order valence-electron chi connectivity index (χ2n) is 6.26. The number of fused-ring (bicyclic) bond motifs is 2. The van der Waals surface area contributed by atoms with Gasteiger partial charge in [-0.15, -0.1) is 0 Å². The van der Waals surface area contributed by atoms with Crippen molar-refractivity contribution in [2.45, 2.75) is 31.3 Å². The Morgan fingerprint density at radius 1 is 1.29 bits per heavy atom. The lowest BCUT2D eigenvalue weighted by atomic mass is 9.98. The number of carboxylic acids is 1. The number of benzene rings is 2. The molecule has 1 heterocycles. The van der Waals surface area contributed by atoms with Gasteiger partial charge in [0.05, 0.1) is 13.0 Å². The quantitative estimate of drug-likeness (QED) is 0.895. The zero-order valence-corrected chi connectivity index (χ0v) is 13.8. The molecule has 1 aliphatic carbocycles. The van der Waals surface area contributed by atoms with Gasteiger partial charge in [-0.1, -0.05) is 29.8 Å². The van der Waals surface area contributed by atoms with Gasteiger partial charge in [-0.25, -0.2) is 0 Å². The van der Waals surface area contributed by atoms with Gasteiger partial charge in [0, 0.05) is 22.6 Å². The summed E-state index contributed by atoms with van der Waals surface area (Å²) in [5.74, 6) is 0.569. The van der Waals surface area contributed by atoms with Crippen LogP contribution >= 0.6 is 11.6 Å². The summed E-state index contributed by atoms with van der Waals surface area (Å²) in [7, 11) is 0. The molecule has 0 amide bonds. The van der Waals surface area contributed by atoms with E-state index in [1.807, 2.05) is 30.3 Å². The molecule has 0 radical (unpaired) electrons. The second-order valence-corrected chi connectivity index (χ2v) is 6.67. The summed E-state index contributed by atoms with van der Waals surface area (Å²) < 4.78 is 11.8. The Kier molecular flexibility index (Phi) is 3.85. The van der Waals surface area contributed by atoms with Gasteiger partial charge in [-0.05, 0) is 36.1 Å². The van der Waals surface area contributed by atoms with Gasteiger partial charge < -0.3 is 14.6 Å². The first kappa shape index (κ1) is 15.3. The van der Waals surface area contributed by atoms with E-state index in [1.54, 1.807) is 0 Å². The first-order valence-corrected chi connectivity index (χ1v) is 8.42. The van der Waals surface area contributed by atoms with Crippen LogP contribution in [0.15, 0.2) is 36.4 Å². The Labute approximate surface area is 145 Å². The highest BCUT2D eigenvalue weighted by Crippen LogP contribution is 2.42. The Morgan fingerprint density at radius 3 is 3.00 bits per heavy atom. The van der Waals surface area contributed by atoms with Crippen LogP contribution in [0.3, 0.4) is 0 Å². The van der Waals surface area contributed by atoms with Crippen LogP contribution in [-0.2, 0) is 11.2 Å². The predicted octanol–water partition coefficient (Wildman–Crippen LogP) is 4.36. The summed E-state index contributed by atoms with van der Waals surface area (Å²) in [6, 6.07) is 11.6. The molecule has 0 saturated carbocycles. The molecule has 1 unspecified atom stereocenters. The molecule has 4 rings (SSSR count). The highest BCUT2D eigenvalue weighted by molar-refractivity contribution is 6.31. The number of rotatable bonds is 4. The van der Waals surface area contributed by atoms with Crippen molar-refractivity contribution in [2.24, 2.45) is 0 Å². The third kappa shape index (κ3) is 2.71. The van der Waals surface area contributed by atoms with Crippen molar-refractivity contribution in [1.29, 1.82) is 0 Å². The molecule has 2 aromatic carbocycles. The molecule has 124 valence electrons. The molecule has 2 aliphatic rings. The van der Waals surface area contributed by atoms with Gasteiger partial charge in [0.15, 0.2) is 0 Å². The Bertz CT molecular complexity index is 802. The predicted molar refractivity (Wildman–Crippen MR) is 90.1 cm³/mol. The minimum Gasteiger partial charge on any atom is -0.492 e. The standard InChI is InChI=1S/C19H17ClO4/c20-16-3-1-2-15-14(16)6-7-17(15)24-12-4-5-13-11(8-19(21)22)10-23-18(13)9-12/h1-5,9,11,17H,6-8,10H2,(H,21,22)/t11?,17-/m1/s1. The first-order valence-electron chi connectivity index (χ1n) is 8.04. The Balaban J connectivity index is 1.54. The molecule has 0 fully saturated rings. The lowest BCUT2D eigenvalue weighted by Crippen LogP contribution is -2.07. The number of hydrogen-bond acceptors (Lipinski definition) is 3. The fourth-order valence-corrected chi connectivity index (χ4v) is 3.84. The van der Waals surface area contributed by atoms with Crippen LogP contribution in [0, 0.1) is 0 Å². The van der Waals surface area contributed by atoms with Gasteiger partial charge in [-0.2, -0.15) is 0 Å². The monoisotopic (exact) mass is 344 g/mol. The van der Waals surface area contributed by atoms with E-state index in [-0.39, 0.29) is 18.4 Å². The second kappa shape index (κ2) is 6.02. The average molecular weight is 345 g/mol. The summed E-state index contributed by atoms with van der Waals surface area (Å²) >= 11 is 6.25. The van der Waals surface area contributed by atoms with Crippen LogP contribution in [0.1, 0.15) is 41.6 Å². The fourth-order valence-electron chi connectivity index (χ4n) is 3.57. The van der Waals surface area contributed by atoms with Crippen molar-refractivity contribution in [3.8, 4) is 11.5 Å². The Hall–Kier alpha value is -2.20. The zero-order chi connectivity index (χ0) is 16.7. The van der Waals surface area contributed by atoms with Gasteiger partial charge in [0.25, 0.3) is 0 Å². The molecule has 1 N–H and O–H groups in total. The minimum atomic E-state index is -0.809. The van der Waals surface area contributed by atoms with Crippen molar-refractivity contribution in [2.75, 3.05) is 6.61 Å². The SMILES string of the molecule is O=C(O)CC1COc2cc(O[C@@H]3CCc4c(Cl)cccc43)ccc21. The number of carbonyl (C=O) groups is 1. The van der Waals surface area contributed by atoms with Crippen molar-refractivity contribution < 1.29 is 19.4 Å².